The van der Waals surface area contributed by atoms with E-state index < -0.39 is 6.10 Å². The predicted molar refractivity (Wildman–Crippen MR) is 128 cm³/mol. The molecule has 0 radical (unpaired) electrons. The highest BCUT2D eigenvalue weighted by molar-refractivity contribution is 8.93. The molecule has 0 saturated heterocycles. The summed E-state index contributed by atoms with van der Waals surface area (Å²) in [7, 11) is 1.91. The van der Waals surface area contributed by atoms with Gasteiger partial charge in [0.25, 0.3) is 0 Å². The van der Waals surface area contributed by atoms with E-state index in [9.17, 15) is 5.11 Å². The second-order valence-electron chi connectivity index (χ2n) is 6.72. The minimum Gasteiger partial charge on any atom is -0.492 e. The molecule has 0 spiro atoms. The third-order valence-corrected chi connectivity index (χ3v) is 4.49. The lowest BCUT2D eigenvalue weighted by Crippen LogP contribution is -2.32. The highest BCUT2D eigenvalue weighted by atomic mass is 79.9. The summed E-state index contributed by atoms with van der Waals surface area (Å²) in [5.41, 5.74) is 3.49. The number of halogens is 2. The van der Waals surface area contributed by atoms with Crippen molar-refractivity contribution in [2.24, 2.45) is 0 Å². The van der Waals surface area contributed by atoms with Crippen molar-refractivity contribution in [3.63, 3.8) is 0 Å². The van der Waals surface area contributed by atoms with Crippen LogP contribution in [0.5, 0.6) is 5.75 Å². The van der Waals surface area contributed by atoms with E-state index >= 15 is 0 Å². The van der Waals surface area contributed by atoms with Gasteiger partial charge < -0.3 is 20.5 Å². The quantitative estimate of drug-likeness (QED) is 0.390. The SMILES string of the molecule is Br.Br.CCc1cccc(C(O)CNC(C)Cc2ccc(OCCNC)cc2)c1. The number of rotatable bonds is 11. The van der Waals surface area contributed by atoms with E-state index in [1.165, 1.54) is 11.1 Å². The number of ether oxygens (including phenoxy) is 1. The Balaban J connectivity index is 0.00000364. The Morgan fingerprint density at radius 1 is 1.04 bits per heavy atom. The van der Waals surface area contributed by atoms with E-state index in [0.29, 0.717) is 13.2 Å². The normalized spacial score (nSPS) is 12.4. The molecule has 0 amide bonds. The third-order valence-electron chi connectivity index (χ3n) is 4.49. The van der Waals surface area contributed by atoms with Crippen molar-refractivity contribution in [3.8, 4) is 5.75 Å². The highest BCUT2D eigenvalue weighted by Crippen LogP contribution is 2.16. The molecule has 0 aliphatic carbocycles. The van der Waals surface area contributed by atoms with Crippen LogP contribution >= 0.6 is 34.0 Å². The van der Waals surface area contributed by atoms with Crippen molar-refractivity contribution >= 4 is 34.0 Å². The van der Waals surface area contributed by atoms with E-state index in [0.717, 1.165) is 30.7 Å². The number of aryl methyl sites for hydroxylation is 1. The van der Waals surface area contributed by atoms with Crippen LogP contribution < -0.4 is 15.4 Å². The maximum atomic E-state index is 10.4. The topological polar surface area (TPSA) is 53.5 Å². The Morgan fingerprint density at radius 2 is 1.75 bits per heavy atom. The van der Waals surface area contributed by atoms with Gasteiger partial charge in [0.2, 0.25) is 0 Å². The molecule has 2 aromatic rings. The standard InChI is InChI=1S/C22H32N2O2.2BrH/c1-4-18-6-5-7-20(15-18)22(25)16-24-17(2)14-19-8-10-21(11-9-19)26-13-12-23-3;;/h5-11,15,17,22-25H,4,12-14,16H2,1-3H3;2*1H. The average Bonchev–Trinajstić information content (AvgIpc) is 2.67. The minimum absolute atomic E-state index is 0. The van der Waals surface area contributed by atoms with Gasteiger partial charge >= 0.3 is 0 Å². The lowest BCUT2D eigenvalue weighted by Gasteiger charge is -2.18. The molecular formula is C22H34Br2N2O2. The van der Waals surface area contributed by atoms with Crippen LogP contribution in [0.2, 0.25) is 0 Å². The Morgan fingerprint density at radius 3 is 2.39 bits per heavy atom. The van der Waals surface area contributed by atoms with Crippen LogP contribution in [0.15, 0.2) is 48.5 Å². The van der Waals surface area contributed by atoms with Crippen molar-refractivity contribution in [1.82, 2.24) is 10.6 Å². The van der Waals surface area contributed by atoms with E-state index in [-0.39, 0.29) is 40.0 Å². The number of aliphatic hydroxyl groups excluding tert-OH is 1. The Labute approximate surface area is 190 Å². The lowest BCUT2D eigenvalue weighted by molar-refractivity contribution is 0.170. The minimum atomic E-state index is -0.480. The van der Waals surface area contributed by atoms with Gasteiger partial charge in [-0.3, -0.25) is 0 Å². The van der Waals surface area contributed by atoms with E-state index in [1.54, 1.807) is 0 Å². The number of hydrogen-bond donors (Lipinski definition) is 3. The van der Waals surface area contributed by atoms with Crippen molar-refractivity contribution in [3.05, 3.63) is 65.2 Å². The van der Waals surface area contributed by atoms with Gasteiger partial charge in [-0.05, 0) is 55.6 Å². The van der Waals surface area contributed by atoms with Crippen molar-refractivity contribution in [2.75, 3.05) is 26.7 Å². The van der Waals surface area contributed by atoms with Crippen molar-refractivity contribution in [2.45, 2.75) is 38.8 Å². The number of benzene rings is 2. The van der Waals surface area contributed by atoms with Gasteiger partial charge in [0, 0.05) is 19.1 Å². The second-order valence-corrected chi connectivity index (χ2v) is 6.72. The molecule has 0 heterocycles. The van der Waals surface area contributed by atoms with Gasteiger partial charge in [0.1, 0.15) is 12.4 Å². The molecule has 4 nitrogen and oxygen atoms in total. The predicted octanol–water partition coefficient (Wildman–Crippen LogP) is 4.26. The Bertz CT molecular complexity index is 653. The highest BCUT2D eigenvalue weighted by Gasteiger charge is 2.10. The number of aliphatic hydroxyl groups is 1. The summed E-state index contributed by atoms with van der Waals surface area (Å²) in [4.78, 5) is 0. The molecule has 2 rings (SSSR count). The van der Waals surface area contributed by atoms with Crippen molar-refractivity contribution in [1.29, 1.82) is 0 Å². The first kappa shape index (κ1) is 27.1. The van der Waals surface area contributed by atoms with Crippen LogP contribution in [0.3, 0.4) is 0 Å². The summed E-state index contributed by atoms with van der Waals surface area (Å²) < 4.78 is 5.64. The second kappa shape index (κ2) is 15.0. The Kier molecular flexibility index (Phi) is 14.5. The number of likely N-dealkylation sites (N-methyl/N-ethyl adjacent to an activating group) is 1. The first-order chi connectivity index (χ1) is 12.6. The van der Waals surface area contributed by atoms with E-state index in [4.69, 9.17) is 4.74 Å². The van der Waals surface area contributed by atoms with E-state index in [2.05, 4.69) is 48.7 Å². The van der Waals surface area contributed by atoms with Gasteiger partial charge in [-0.1, -0.05) is 43.3 Å². The monoisotopic (exact) mass is 516 g/mol. The largest absolute Gasteiger partial charge is 0.492 e. The van der Waals surface area contributed by atoms with Crippen LogP contribution in [0.25, 0.3) is 0 Å². The molecule has 2 unspecified atom stereocenters. The molecule has 0 aromatic heterocycles. The number of hydrogen-bond acceptors (Lipinski definition) is 4. The fourth-order valence-corrected chi connectivity index (χ4v) is 2.87. The summed E-state index contributed by atoms with van der Waals surface area (Å²) >= 11 is 0. The molecule has 2 atom stereocenters. The van der Waals surface area contributed by atoms with Crippen LogP contribution in [0, 0.1) is 0 Å². The summed E-state index contributed by atoms with van der Waals surface area (Å²) in [5.74, 6) is 0.899. The Hall–Kier alpha value is -0.920. The van der Waals surface area contributed by atoms with Crippen LogP contribution in [-0.4, -0.2) is 37.9 Å². The molecule has 6 heteroatoms. The van der Waals surface area contributed by atoms with Gasteiger partial charge in [-0.25, -0.2) is 0 Å². The molecule has 0 fully saturated rings. The molecule has 3 N–H and O–H groups in total. The van der Waals surface area contributed by atoms with Crippen LogP contribution in [0.1, 0.15) is 36.6 Å². The van der Waals surface area contributed by atoms with Gasteiger partial charge in [-0.15, -0.1) is 34.0 Å². The maximum Gasteiger partial charge on any atom is 0.119 e. The van der Waals surface area contributed by atoms with Crippen LogP contribution in [0.4, 0.5) is 0 Å². The third kappa shape index (κ3) is 9.52. The van der Waals surface area contributed by atoms with Gasteiger partial charge in [-0.2, -0.15) is 0 Å². The first-order valence-corrected chi connectivity index (χ1v) is 9.49. The lowest BCUT2D eigenvalue weighted by atomic mass is 10.0. The van der Waals surface area contributed by atoms with Crippen molar-refractivity contribution < 1.29 is 9.84 Å². The molecule has 0 bridgehead atoms. The van der Waals surface area contributed by atoms with Gasteiger partial charge in [0.05, 0.1) is 6.10 Å². The zero-order chi connectivity index (χ0) is 18.8. The first-order valence-electron chi connectivity index (χ1n) is 9.49. The molecular weight excluding hydrogens is 484 g/mol. The summed E-state index contributed by atoms with van der Waals surface area (Å²) in [6, 6.07) is 16.7. The summed E-state index contributed by atoms with van der Waals surface area (Å²) in [6.45, 7) is 6.34. The van der Waals surface area contributed by atoms with Gasteiger partial charge in [0.15, 0.2) is 0 Å². The average molecular weight is 518 g/mol. The number of nitrogens with one attached hydrogen (secondary N) is 2. The summed E-state index contributed by atoms with van der Waals surface area (Å²) in [5, 5.41) is 16.9. The van der Waals surface area contributed by atoms with E-state index in [1.807, 2.05) is 31.3 Å². The zero-order valence-corrected chi connectivity index (χ0v) is 20.4. The molecule has 0 aliphatic rings. The molecule has 2 aromatic carbocycles. The smallest absolute Gasteiger partial charge is 0.119 e. The molecule has 0 aliphatic heterocycles. The van der Waals surface area contributed by atoms with Crippen LogP contribution in [-0.2, 0) is 12.8 Å². The molecule has 158 valence electrons. The summed E-state index contributed by atoms with van der Waals surface area (Å²) in [6.07, 6.45) is 1.42. The fraction of sp³-hybridized carbons (Fsp3) is 0.455. The molecule has 28 heavy (non-hydrogen) atoms. The fourth-order valence-electron chi connectivity index (χ4n) is 2.87. The maximum absolute atomic E-state index is 10.4. The zero-order valence-electron chi connectivity index (χ0n) is 17.0. The molecule has 0 saturated carbocycles.